The van der Waals surface area contributed by atoms with Crippen LogP contribution in [-0.4, -0.2) is 44.5 Å². The Kier molecular flexibility index (Phi) is 6.74. The minimum Gasteiger partial charge on any atom is -0.497 e. The van der Waals surface area contributed by atoms with Gasteiger partial charge in [0.05, 0.1) is 28.4 Å². The Morgan fingerprint density at radius 1 is 0.967 bits per heavy atom. The van der Waals surface area contributed by atoms with Crippen molar-refractivity contribution in [1.82, 2.24) is 10.1 Å². The van der Waals surface area contributed by atoms with Crippen molar-refractivity contribution in [3.63, 3.8) is 0 Å². The maximum absolute atomic E-state index is 12.2. The van der Waals surface area contributed by atoms with Crippen LogP contribution in [0.1, 0.15) is 12.3 Å². The predicted octanol–water partition coefficient (Wildman–Crippen LogP) is 3.34. The molecule has 2 aromatic carbocycles. The molecule has 0 saturated heterocycles. The van der Waals surface area contributed by atoms with Crippen LogP contribution >= 0.6 is 0 Å². The lowest BCUT2D eigenvalue weighted by Crippen LogP contribution is -2.12. The van der Waals surface area contributed by atoms with Gasteiger partial charge in [0.25, 0.3) is 0 Å². The summed E-state index contributed by atoms with van der Waals surface area (Å²) in [4.78, 5) is 16.5. The quantitative estimate of drug-likeness (QED) is 0.569. The predicted molar refractivity (Wildman–Crippen MR) is 109 cm³/mol. The molecule has 9 heteroatoms. The third-order valence-corrected chi connectivity index (χ3v) is 4.33. The van der Waals surface area contributed by atoms with Gasteiger partial charge in [0.2, 0.25) is 23.4 Å². The number of hydrogen-bond acceptors (Lipinski definition) is 8. The fraction of sp³-hybridized carbons (Fsp3) is 0.286. The summed E-state index contributed by atoms with van der Waals surface area (Å²) in [6.07, 6.45) is 0.502. The molecule has 158 valence electrons. The zero-order chi connectivity index (χ0) is 21.5. The van der Waals surface area contributed by atoms with Crippen molar-refractivity contribution in [2.24, 2.45) is 0 Å². The van der Waals surface area contributed by atoms with Crippen LogP contribution in [0.25, 0.3) is 11.4 Å². The molecule has 1 heterocycles. The van der Waals surface area contributed by atoms with E-state index in [1.54, 1.807) is 43.5 Å². The molecular formula is C21H23N3O6. The van der Waals surface area contributed by atoms with Crippen molar-refractivity contribution in [3.05, 3.63) is 42.3 Å². The van der Waals surface area contributed by atoms with Gasteiger partial charge in [0.1, 0.15) is 5.75 Å². The van der Waals surface area contributed by atoms with E-state index in [2.05, 4.69) is 15.5 Å². The normalized spacial score (nSPS) is 10.4. The van der Waals surface area contributed by atoms with Crippen LogP contribution in [0, 0.1) is 0 Å². The van der Waals surface area contributed by atoms with E-state index in [1.165, 1.54) is 21.3 Å². The number of aromatic nitrogens is 2. The van der Waals surface area contributed by atoms with Gasteiger partial charge in [0, 0.05) is 24.1 Å². The first-order chi connectivity index (χ1) is 14.6. The Morgan fingerprint density at radius 2 is 1.63 bits per heavy atom. The van der Waals surface area contributed by atoms with Crippen LogP contribution in [0.3, 0.4) is 0 Å². The van der Waals surface area contributed by atoms with Crippen LogP contribution in [0.5, 0.6) is 23.0 Å². The van der Waals surface area contributed by atoms with Gasteiger partial charge in [-0.25, -0.2) is 0 Å². The van der Waals surface area contributed by atoms with Crippen molar-refractivity contribution in [1.29, 1.82) is 0 Å². The molecule has 1 amide bonds. The molecule has 9 nitrogen and oxygen atoms in total. The SMILES string of the molecule is COc1ccc(NC(=O)CCc2nc(-c3cc(OC)c(OC)c(OC)c3)no2)cc1. The van der Waals surface area contributed by atoms with Crippen molar-refractivity contribution in [2.75, 3.05) is 33.8 Å². The summed E-state index contributed by atoms with van der Waals surface area (Å²) in [6, 6.07) is 10.5. The number of benzene rings is 2. The monoisotopic (exact) mass is 413 g/mol. The third-order valence-electron chi connectivity index (χ3n) is 4.33. The molecule has 1 N–H and O–H groups in total. The van der Waals surface area contributed by atoms with Crippen molar-refractivity contribution < 1.29 is 28.3 Å². The highest BCUT2D eigenvalue weighted by molar-refractivity contribution is 5.90. The fourth-order valence-electron chi connectivity index (χ4n) is 2.80. The lowest BCUT2D eigenvalue weighted by atomic mass is 10.1. The Balaban J connectivity index is 1.65. The zero-order valence-electron chi connectivity index (χ0n) is 17.2. The topological polar surface area (TPSA) is 105 Å². The number of hydrogen-bond donors (Lipinski definition) is 1. The first-order valence-corrected chi connectivity index (χ1v) is 9.14. The van der Waals surface area contributed by atoms with Crippen LogP contribution in [0.2, 0.25) is 0 Å². The second-order valence-electron chi connectivity index (χ2n) is 6.20. The number of amides is 1. The molecular weight excluding hydrogens is 390 g/mol. The summed E-state index contributed by atoms with van der Waals surface area (Å²) >= 11 is 0. The molecule has 1 aromatic heterocycles. The van der Waals surface area contributed by atoms with Gasteiger partial charge in [-0.05, 0) is 36.4 Å². The van der Waals surface area contributed by atoms with Gasteiger partial charge in [0.15, 0.2) is 11.5 Å². The van der Waals surface area contributed by atoms with Crippen LogP contribution < -0.4 is 24.3 Å². The van der Waals surface area contributed by atoms with E-state index >= 15 is 0 Å². The second kappa shape index (κ2) is 9.64. The molecule has 3 aromatic rings. The minimum atomic E-state index is -0.160. The first kappa shape index (κ1) is 21.0. The van der Waals surface area contributed by atoms with E-state index in [0.717, 1.165) is 5.75 Å². The fourth-order valence-corrected chi connectivity index (χ4v) is 2.80. The Morgan fingerprint density at radius 3 is 2.20 bits per heavy atom. The number of methoxy groups -OCH3 is 4. The number of carbonyl (C=O) groups excluding carboxylic acids is 1. The average Bonchev–Trinajstić information content (AvgIpc) is 3.26. The van der Waals surface area contributed by atoms with Crippen LogP contribution in [0.15, 0.2) is 40.9 Å². The Labute approximate surface area is 173 Å². The average molecular weight is 413 g/mol. The Bertz CT molecular complexity index is 975. The molecule has 3 rings (SSSR count). The van der Waals surface area contributed by atoms with Gasteiger partial charge in [-0.15, -0.1) is 0 Å². The number of nitrogens with zero attached hydrogens (tertiary/aromatic N) is 2. The van der Waals surface area contributed by atoms with Crippen molar-refractivity contribution in [3.8, 4) is 34.4 Å². The largest absolute Gasteiger partial charge is 0.497 e. The van der Waals surface area contributed by atoms with E-state index < -0.39 is 0 Å². The number of aryl methyl sites for hydroxylation is 1. The second-order valence-corrected chi connectivity index (χ2v) is 6.20. The molecule has 30 heavy (non-hydrogen) atoms. The van der Waals surface area contributed by atoms with Gasteiger partial charge in [-0.2, -0.15) is 4.98 Å². The lowest BCUT2D eigenvalue weighted by Gasteiger charge is -2.12. The molecule has 0 aliphatic heterocycles. The van der Waals surface area contributed by atoms with Crippen LogP contribution in [-0.2, 0) is 11.2 Å². The molecule has 0 spiro atoms. The van der Waals surface area contributed by atoms with E-state index in [9.17, 15) is 4.79 Å². The first-order valence-electron chi connectivity index (χ1n) is 9.14. The number of ether oxygens (including phenoxy) is 4. The molecule has 0 atom stereocenters. The lowest BCUT2D eigenvalue weighted by molar-refractivity contribution is -0.116. The standard InChI is InChI=1S/C21H23N3O6/c1-26-15-7-5-14(6-8-15)22-18(25)9-10-19-23-21(24-30-19)13-11-16(27-2)20(29-4)17(12-13)28-3/h5-8,11-12H,9-10H2,1-4H3,(H,22,25). The van der Waals surface area contributed by atoms with E-state index in [0.29, 0.717) is 46.6 Å². The number of anilines is 1. The van der Waals surface area contributed by atoms with Gasteiger partial charge < -0.3 is 28.8 Å². The highest BCUT2D eigenvalue weighted by Crippen LogP contribution is 2.40. The summed E-state index contributed by atoms with van der Waals surface area (Å²) < 4.78 is 26.4. The van der Waals surface area contributed by atoms with E-state index in [4.69, 9.17) is 23.5 Å². The summed E-state index contributed by atoms with van der Waals surface area (Å²) in [5.74, 6) is 2.71. The smallest absolute Gasteiger partial charge is 0.227 e. The summed E-state index contributed by atoms with van der Waals surface area (Å²) in [7, 11) is 6.18. The number of rotatable bonds is 9. The number of carbonyl (C=O) groups is 1. The maximum atomic E-state index is 12.2. The van der Waals surface area contributed by atoms with Gasteiger partial charge >= 0.3 is 0 Å². The van der Waals surface area contributed by atoms with Gasteiger partial charge in [-0.3, -0.25) is 4.79 Å². The van der Waals surface area contributed by atoms with E-state index in [-0.39, 0.29) is 12.3 Å². The number of nitrogens with one attached hydrogen (secondary N) is 1. The molecule has 0 unspecified atom stereocenters. The summed E-state index contributed by atoms with van der Waals surface area (Å²) in [5.41, 5.74) is 1.33. The maximum Gasteiger partial charge on any atom is 0.227 e. The van der Waals surface area contributed by atoms with Gasteiger partial charge in [-0.1, -0.05) is 5.16 Å². The zero-order valence-corrected chi connectivity index (χ0v) is 17.2. The minimum absolute atomic E-state index is 0.160. The van der Waals surface area contributed by atoms with Crippen molar-refractivity contribution >= 4 is 11.6 Å². The summed E-state index contributed by atoms with van der Waals surface area (Å²) in [5, 5.41) is 6.80. The molecule has 0 saturated carbocycles. The third kappa shape index (κ3) is 4.80. The Hall–Kier alpha value is -3.75. The molecule has 0 fully saturated rings. The van der Waals surface area contributed by atoms with Crippen molar-refractivity contribution in [2.45, 2.75) is 12.8 Å². The highest BCUT2D eigenvalue weighted by Gasteiger charge is 2.17. The van der Waals surface area contributed by atoms with E-state index in [1.807, 2.05) is 0 Å². The molecule has 0 aliphatic rings. The summed E-state index contributed by atoms with van der Waals surface area (Å²) in [6.45, 7) is 0. The van der Waals surface area contributed by atoms with Crippen LogP contribution in [0.4, 0.5) is 5.69 Å². The highest BCUT2D eigenvalue weighted by atomic mass is 16.5. The molecule has 0 radical (unpaired) electrons. The molecule has 0 aliphatic carbocycles. The molecule has 0 bridgehead atoms.